The highest BCUT2D eigenvalue weighted by Crippen LogP contribution is 2.33. The lowest BCUT2D eigenvalue weighted by molar-refractivity contribution is 0.112. The summed E-state index contributed by atoms with van der Waals surface area (Å²) in [6.07, 6.45) is 0.785. The molecule has 0 atom stereocenters. The van der Waals surface area contributed by atoms with E-state index in [0.29, 0.717) is 23.0 Å². The van der Waals surface area contributed by atoms with Crippen LogP contribution in [-0.4, -0.2) is 20.5 Å². The molecule has 82 valence electrons. The van der Waals surface area contributed by atoms with Crippen LogP contribution in [0.4, 0.5) is 0 Å². The largest absolute Gasteiger partial charge is 0.493 e. The molecule has 0 aliphatic carbocycles. The van der Waals surface area contributed by atoms with E-state index in [1.165, 1.54) is 7.11 Å². The van der Waals surface area contributed by atoms with Gasteiger partial charge in [0.15, 0.2) is 17.8 Å². The van der Waals surface area contributed by atoms with E-state index < -0.39 is 0 Å². The first-order valence-corrected chi connectivity index (χ1v) is 4.85. The summed E-state index contributed by atoms with van der Waals surface area (Å²) in [5.41, 5.74) is 1.59. The monoisotopic (exact) mass is 208 g/mol. The third-order valence-electron chi connectivity index (χ3n) is 2.32. The van der Waals surface area contributed by atoms with Gasteiger partial charge in [-0.15, -0.1) is 0 Å². The first-order chi connectivity index (χ1) is 7.13. The summed E-state index contributed by atoms with van der Waals surface area (Å²) in [6.45, 7) is 4.13. The van der Waals surface area contributed by atoms with Crippen LogP contribution >= 0.6 is 0 Å². The number of benzene rings is 1. The molecule has 0 saturated carbocycles. The lowest BCUT2D eigenvalue weighted by Gasteiger charge is -2.13. The van der Waals surface area contributed by atoms with Crippen molar-refractivity contribution in [2.75, 3.05) is 14.2 Å². The fourth-order valence-electron chi connectivity index (χ4n) is 1.44. The molecule has 1 aromatic rings. The molecule has 0 bridgehead atoms. The molecule has 0 fully saturated rings. The normalized spacial score (nSPS) is 10.2. The molecule has 0 N–H and O–H groups in total. The maximum atomic E-state index is 10.9. The van der Waals surface area contributed by atoms with Gasteiger partial charge in [0.05, 0.1) is 19.8 Å². The topological polar surface area (TPSA) is 35.5 Å². The Labute approximate surface area is 90.0 Å². The van der Waals surface area contributed by atoms with E-state index >= 15 is 0 Å². The second-order valence-electron chi connectivity index (χ2n) is 3.62. The molecule has 0 saturated heterocycles. The molecule has 0 aliphatic heterocycles. The number of carbonyl (C=O) groups excluding carboxylic acids is 1. The van der Waals surface area contributed by atoms with Gasteiger partial charge in [-0.05, 0) is 23.6 Å². The van der Waals surface area contributed by atoms with Crippen LogP contribution in [-0.2, 0) is 0 Å². The Morgan fingerprint density at radius 1 is 1.20 bits per heavy atom. The van der Waals surface area contributed by atoms with E-state index in [0.717, 1.165) is 11.8 Å². The smallest absolute Gasteiger partial charge is 0.171 e. The van der Waals surface area contributed by atoms with Gasteiger partial charge in [-0.3, -0.25) is 4.79 Å². The number of aldehydes is 1. The number of hydrogen-bond acceptors (Lipinski definition) is 3. The van der Waals surface area contributed by atoms with E-state index in [1.807, 2.05) is 12.1 Å². The van der Waals surface area contributed by atoms with Crippen molar-refractivity contribution in [3.05, 3.63) is 23.3 Å². The van der Waals surface area contributed by atoms with E-state index in [-0.39, 0.29) is 0 Å². The van der Waals surface area contributed by atoms with Crippen LogP contribution in [0, 0.1) is 0 Å². The number of hydrogen-bond donors (Lipinski definition) is 0. The van der Waals surface area contributed by atoms with Crippen molar-refractivity contribution in [3.63, 3.8) is 0 Å². The van der Waals surface area contributed by atoms with E-state index in [1.54, 1.807) is 7.11 Å². The van der Waals surface area contributed by atoms with Gasteiger partial charge in [0, 0.05) is 0 Å². The zero-order valence-corrected chi connectivity index (χ0v) is 9.53. The van der Waals surface area contributed by atoms with Gasteiger partial charge < -0.3 is 9.47 Å². The van der Waals surface area contributed by atoms with Crippen molar-refractivity contribution in [2.45, 2.75) is 19.8 Å². The Balaban J connectivity index is 3.35. The fourth-order valence-corrected chi connectivity index (χ4v) is 1.44. The lowest BCUT2D eigenvalue weighted by atomic mass is 10.00. The lowest BCUT2D eigenvalue weighted by Crippen LogP contribution is -1.98. The molecule has 0 heterocycles. The maximum absolute atomic E-state index is 10.9. The summed E-state index contributed by atoms with van der Waals surface area (Å²) < 4.78 is 10.3. The van der Waals surface area contributed by atoms with Gasteiger partial charge in [-0.25, -0.2) is 0 Å². The van der Waals surface area contributed by atoms with Crippen molar-refractivity contribution in [3.8, 4) is 11.5 Å². The Kier molecular flexibility index (Phi) is 3.72. The molecule has 0 spiro atoms. The summed E-state index contributed by atoms with van der Waals surface area (Å²) in [5.74, 6) is 1.45. The predicted molar refractivity (Wildman–Crippen MR) is 59.0 cm³/mol. The molecule has 0 amide bonds. The van der Waals surface area contributed by atoms with Crippen LogP contribution in [0.2, 0.25) is 0 Å². The Hall–Kier alpha value is -1.51. The van der Waals surface area contributed by atoms with Crippen LogP contribution in [0.15, 0.2) is 12.1 Å². The minimum Gasteiger partial charge on any atom is -0.493 e. The van der Waals surface area contributed by atoms with Gasteiger partial charge >= 0.3 is 0 Å². The highest BCUT2D eigenvalue weighted by molar-refractivity contribution is 5.81. The Morgan fingerprint density at radius 2 is 1.87 bits per heavy atom. The second kappa shape index (κ2) is 4.82. The summed E-state index contributed by atoms with van der Waals surface area (Å²) in [7, 11) is 3.09. The summed E-state index contributed by atoms with van der Waals surface area (Å²) in [5, 5.41) is 0. The molecule has 0 aromatic heterocycles. The highest BCUT2D eigenvalue weighted by Gasteiger charge is 2.13. The summed E-state index contributed by atoms with van der Waals surface area (Å²) in [6, 6.07) is 3.73. The number of carbonyl (C=O) groups is 1. The van der Waals surface area contributed by atoms with Gasteiger partial charge in [0.1, 0.15) is 0 Å². The fraction of sp³-hybridized carbons (Fsp3) is 0.417. The maximum Gasteiger partial charge on any atom is 0.171 e. The van der Waals surface area contributed by atoms with Gasteiger partial charge in [0.2, 0.25) is 0 Å². The van der Waals surface area contributed by atoms with Crippen molar-refractivity contribution in [1.29, 1.82) is 0 Å². The third kappa shape index (κ3) is 2.29. The van der Waals surface area contributed by atoms with E-state index in [2.05, 4.69) is 13.8 Å². The molecule has 3 nitrogen and oxygen atoms in total. The molecular weight excluding hydrogens is 192 g/mol. The molecule has 15 heavy (non-hydrogen) atoms. The number of methoxy groups -OCH3 is 2. The van der Waals surface area contributed by atoms with Crippen LogP contribution in [0.5, 0.6) is 11.5 Å². The Bertz CT molecular complexity index is 356. The summed E-state index contributed by atoms with van der Waals surface area (Å²) in [4.78, 5) is 10.9. The van der Waals surface area contributed by atoms with Crippen LogP contribution in [0.1, 0.15) is 35.7 Å². The SMILES string of the molecule is COc1cc(C(C)C)cc(C=O)c1OC. The molecular formula is C12H16O3. The molecule has 0 unspecified atom stereocenters. The second-order valence-corrected chi connectivity index (χ2v) is 3.62. The van der Waals surface area contributed by atoms with Crippen molar-refractivity contribution in [2.24, 2.45) is 0 Å². The average Bonchev–Trinajstić information content (AvgIpc) is 2.26. The molecule has 1 rings (SSSR count). The molecule has 0 radical (unpaired) electrons. The van der Waals surface area contributed by atoms with Crippen LogP contribution in [0.25, 0.3) is 0 Å². The zero-order chi connectivity index (χ0) is 11.4. The van der Waals surface area contributed by atoms with E-state index in [9.17, 15) is 4.79 Å². The van der Waals surface area contributed by atoms with Gasteiger partial charge in [-0.2, -0.15) is 0 Å². The van der Waals surface area contributed by atoms with Crippen molar-refractivity contribution >= 4 is 6.29 Å². The number of ether oxygens (including phenoxy) is 2. The quantitative estimate of drug-likeness (QED) is 0.713. The Morgan fingerprint density at radius 3 is 2.27 bits per heavy atom. The highest BCUT2D eigenvalue weighted by atomic mass is 16.5. The molecule has 0 aliphatic rings. The predicted octanol–water partition coefficient (Wildman–Crippen LogP) is 2.64. The number of rotatable bonds is 4. The van der Waals surface area contributed by atoms with Crippen LogP contribution in [0.3, 0.4) is 0 Å². The standard InChI is InChI=1S/C12H16O3/c1-8(2)9-5-10(7-13)12(15-4)11(6-9)14-3/h5-8H,1-4H3. The van der Waals surface area contributed by atoms with Crippen LogP contribution < -0.4 is 9.47 Å². The first kappa shape index (κ1) is 11.6. The summed E-state index contributed by atoms with van der Waals surface area (Å²) >= 11 is 0. The minimum atomic E-state index is 0.350. The van der Waals surface area contributed by atoms with Gasteiger partial charge in [-0.1, -0.05) is 13.8 Å². The van der Waals surface area contributed by atoms with Crippen molar-refractivity contribution in [1.82, 2.24) is 0 Å². The van der Waals surface area contributed by atoms with E-state index in [4.69, 9.17) is 9.47 Å². The minimum absolute atomic E-state index is 0.350. The van der Waals surface area contributed by atoms with Crippen molar-refractivity contribution < 1.29 is 14.3 Å². The van der Waals surface area contributed by atoms with Gasteiger partial charge in [0.25, 0.3) is 0 Å². The third-order valence-corrected chi connectivity index (χ3v) is 2.32. The zero-order valence-electron chi connectivity index (χ0n) is 9.53. The molecule has 1 aromatic carbocycles. The first-order valence-electron chi connectivity index (χ1n) is 4.85. The average molecular weight is 208 g/mol. The molecule has 3 heteroatoms.